The topological polar surface area (TPSA) is 35.5 Å². The standard InChI is InChI=1S/C14H17BrClO3P.Li.H/c1-18-12-9(15)7-10(16)13(19-2)11(12)14(17)20-8-5-3-4-6-8;;/h7-8,20H,3-6H2,1-2H3;;/q;+1;-1. The number of hydrogen-bond donors (Lipinski definition) is 0. The van der Waals surface area contributed by atoms with Gasteiger partial charge < -0.3 is 10.9 Å². The zero-order chi connectivity index (χ0) is 14.7. The number of halogens is 2. The maximum absolute atomic E-state index is 12.6. The summed E-state index contributed by atoms with van der Waals surface area (Å²) in [5.74, 6) is 0.906. The van der Waals surface area contributed by atoms with Crippen LogP contribution in [-0.2, 0) is 0 Å². The first kappa shape index (κ1) is 19.3. The van der Waals surface area contributed by atoms with Gasteiger partial charge in [-0.2, -0.15) is 0 Å². The van der Waals surface area contributed by atoms with Gasteiger partial charge in [-0.15, -0.1) is 0 Å². The molecule has 0 aliphatic heterocycles. The number of carbonyl (C=O) groups excluding carboxylic acids is 1. The molecule has 1 aliphatic rings. The van der Waals surface area contributed by atoms with Crippen molar-refractivity contribution >= 4 is 41.6 Å². The largest absolute Gasteiger partial charge is 1.00 e. The summed E-state index contributed by atoms with van der Waals surface area (Å²) in [4.78, 5) is 12.6. The Balaban J connectivity index is 0.00000220. The summed E-state index contributed by atoms with van der Waals surface area (Å²) < 4.78 is 11.3. The summed E-state index contributed by atoms with van der Waals surface area (Å²) in [7, 11) is 3.31. The second-order valence-corrected chi connectivity index (χ2v) is 7.56. The third-order valence-corrected chi connectivity index (χ3v) is 5.83. The molecule has 1 aliphatic carbocycles. The van der Waals surface area contributed by atoms with Gasteiger partial charge in [0.2, 0.25) is 0 Å². The Hall–Kier alpha value is 0.287. The predicted molar refractivity (Wildman–Crippen MR) is 88.3 cm³/mol. The van der Waals surface area contributed by atoms with Crippen molar-refractivity contribution in [3.63, 3.8) is 0 Å². The van der Waals surface area contributed by atoms with Crippen LogP contribution in [-0.4, -0.2) is 25.4 Å². The molecule has 1 fully saturated rings. The molecule has 0 radical (unpaired) electrons. The molecule has 0 spiro atoms. The van der Waals surface area contributed by atoms with Gasteiger partial charge in [-0.1, -0.05) is 24.4 Å². The Kier molecular flexibility index (Phi) is 8.10. The van der Waals surface area contributed by atoms with Crippen LogP contribution in [0.3, 0.4) is 0 Å². The second kappa shape index (κ2) is 8.80. The van der Waals surface area contributed by atoms with Gasteiger partial charge in [-0.05, 0) is 49.1 Å². The van der Waals surface area contributed by atoms with Crippen LogP contribution in [0.4, 0.5) is 0 Å². The first-order chi connectivity index (χ1) is 9.58. The monoisotopic (exact) mass is 386 g/mol. The Morgan fingerprint density at radius 3 is 2.43 bits per heavy atom. The van der Waals surface area contributed by atoms with E-state index in [4.69, 9.17) is 21.1 Å². The maximum atomic E-state index is 12.6. The van der Waals surface area contributed by atoms with Gasteiger partial charge in [0.05, 0.1) is 23.7 Å². The Labute approximate surface area is 154 Å². The smallest absolute Gasteiger partial charge is 1.00 e. The van der Waals surface area contributed by atoms with E-state index in [1.807, 2.05) is 0 Å². The Morgan fingerprint density at radius 1 is 1.33 bits per heavy atom. The van der Waals surface area contributed by atoms with Crippen molar-refractivity contribution in [1.82, 2.24) is 0 Å². The van der Waals surface area contributed by atoms with Crippen molar-refractivity contribution in [2.45, 2.75) is 31.3 Å². The van der Waals surface area contributed by atoms with E-state index in [1.54, 1.807) is 13.2 Å². The zero-order valence-electron chi connectivity index (χ0n) is 13.5. The third kappa shape index (κ3) is 4.40. The molecule has 0 bridgehead atoms. The van der Waals surface area contributed by atoms with Gasteiger partial charge in [0.15, 0.2) is 11.3 Å². The number of hydrogen-bond acceptors (Lipinski definition) is 3. The molecule has 1 atom stereocenters. The molecule has 0 aromatic heterocycles. The third-order valence-electron chi connectivity index (χ3n) is 3.47. The molecule has 21 heavy (non-hydrogen) atoms. The van der Waals surface area contributed by atoms with Gasteiger partial charge in [-0.3, -0.25) is 4.79 Å². The van der Waals surface area contributed by atoms with Gasteiger partial charge in [-0.25, -0.2) is 0 Å². The second-order valence-electron chi connectivity index (χ2n) is 4.74. The van der Waals surface area contributed by atoms with Crippen LogP contribution in [0.5, 0.6) is 11.5 Å². The molecule has 0 N–H and O–H groups in total. The molecule has 1 saturated carbocycles. The molecular weight excluding hydrogens is 369 g/mol. The average molecular weight is 388 g/mol. The zero-order valence-corrected chi connectivity index (χ0v) is 15.8. The molecular formula is C14H18BrClLiO3P. The van der Waals surface area contributed by atoms with E-state index >= 15 is 0 Å². The molecule has 0 heterocycles. The molecule has 1 unspecified atom stereocenters. The first-order valence-electron chi connectivity index (χ1n) is 6.49. The van der Waals surface area contributed by atoms with E-state index in [9.17, 15) is 4.79 Å². The average Bonchev–Trinajstić information content (AvgIpc) is 2.90. The van der Waals surface area contributed by atoms with E-state index in [-0.39, 0.29) is 34.4 Å². The van der Waals surface area contributed by atoms with Crippen LogP contribution in [0.25, 0.3) is 0 Å². The van der Waals surface area contributed by atoms with E-state index in [0.29, 0.717) is 32.2 Å². The minimum Gasteiger partial charge on any atom is -1.00 e. The number of benzene rings is 1. The van der Waals surface area contributed by atoms with Gasteiger partial charge in [0.1, 0.15) is 11.3 Å². The van der Waals surface area contributed by atoms with E-state index in [2.05, 4.69) is 15.9 Å². The maximum Gasteiger partial charge on any atom is 1.00 e. The van der Waals surface area contributed by atoms with Crippen molar-refractivity contribution in [3.8, 4) is 11.5 Å². The SMILES string of the molecule is COc1c(Cl)cc(Br)c(OC)c1C(=O)PC1CCCC1.[H-].[Li+]. The van der Waals surface area contributed by atoms with Crippen molar-refractivity contribution in [2.24, 2.45) is 0 Å². The van der Waals surface area contributed by atoms with E-state index < -0.39 is 0 Å². The molecule has 2 rings (SSSR count). The van der Waals surface area contributed by atoms with E-state index in [1.165, 1.54) is 20.0 Å². The Morgan fingerprint density at radius 2 is 1.90 bits per heavy atom. The molecule has 3 nitrogen and oxygen atoms in total. The summed E-state index contributed by atoms with van der Waals surface area (Å²) in [6.45, 7) is 0. The normalized spacial score (nSPS) is 15.2. The van der Waals surface area contributed by atoms with Crippen molar-refractivity contribution in [2.75, 3.05) is 14.2 Å². The van der Waals surface area contributed by atoms with Gasteiger partial charge in [0.25, 0.3) is 0 Å². The quantitative estimate of drug-likeness (QED) is 0.573. The molecule has 1 aromatic carbocycles. The molecule has 7 heteroatoms. The predicted octanol–water partition coefficient (Wildman–Crippen LogP) is 2.00. The number of carbonyl (C=O) groups is 1. The fourth-order valence-electron chi connectivity index (χ4n) is 2.52. The van der Waals surface area contributed by atoms with Crippen LogP contribution in [0.2, 0.25) is 5.02 Å². The number of methoxy groups -OCH3 is 2. The van der Waals surface area contributed by atoms with E-state index in [0.717, 1.165) is 12.8 Å². The molecule has 0 amide bonds. The van der Waals surface area contributed by atoms with Crippen LogP contribution in [0.1, 0.15) is 37.5 Å². The summed E-state index contributed by atoms with van der Waals surface area (Å²) in [6, 6.07) is 1.69. The van der Waals surface area contributed by atoms with Crippen LogP contribution in [0.15, 0.2) is 10.5 Å². The summed E-state index contributed by atoms with van der Waals surface area (Å²) >= 11 is 9.55. The summed E-state index contributed by atoms with van der Waals surface area (Å²) in [6.07, 6.45) is 4.71. The Bertz CT molecular complexity index is 499. The fraction of sp³-hybridized carbons (Fsp3) is 0.500. The van der Waals surface area contributed by atoms with Crippen molar-refractivity contribution in [3.05, 3.63) is 21.1 Å². The minimum atomic E-state index is 0. The van der Waals surface area contributed by atoms with Gasteiger partial charge in [0, 0.05) is 0 Å². The number of ether oxygens (including phenoxy) is 2. The van der Waals surface area contributed by atoms with Crippen molar-refractivity contribution in [1.29, 1.82) is 0 Å². The molecule has 0 saturated heterocycles. The summed E-state index contributed by atoms with van der Waals surface area (Å²) in [5.41, 5.74) is 1.02. The van der Waals surface area contributed by atoms with Crippen LogP contribution < -0.4 is 28.3 Å². The molecule has 1 aromatic rings. The van der Waals surface area contributed by atoms with Crippen molar-refractivity contribution < 1.29 is 34.6 Å². The first-order valence-corrected chi connectivity index (χ1v) is 8.74. The van der Waals surface area contributed by atoms with Gasteiger partial charge >= 0.3 is 18.9 Å². The fourth-order valence-corrected chi connectivity index (χ4v) is 4.96. The minimum absolute atomic E-state index is 0. The molecule has 112 valence electrons. The van der Waals surface area contributed by atoms with Crippen LogP contribution >= 0.6 is 36.1 Å². The van der Waals surface area contributed by atoms with Crippen LogP contribution in [0, 0.1) is 0 Å². The number of rotatable bonds is 5. The summed E-state index contributed by atoms with van der Waals surface area (Å²) in [5, 5.41) is 0.416.